The van der Waals surface area contributed by atoms with Gasteiger partial charge in [0.15, 0.2) is 5.78 Å². The van der Waals surface area contributed by atoms with Crippen LogP contribution in [-0.4, -0.2) is 56.5 Å². The van der Waals surface area contributed by atoms with Crippen LogP contribution in [0.25, 0.3) is 0 Å². The third-order valence-corrected chi connectivity index (χ3v) is 9.26. The maximum absolute atomic E-state index is 13.0. The highest BCUT2D eigenvalue weighted by Crippen LogP contribution is 2.41. The van der Waals surface area contributed by atoms with Gasteiger partial charge in [-0.25, -0.2) is 8.42 Å². The molecule has 2 N–H and O–H groups in total. The number of morpholine rings is 1. The van der Waals surface area contributed by atoms with Gasteiger partial charge in [-0.1, -0.05) is 23.4 Å². The average Bonchev–Trinajstić information content (AvgIpc) is 3.43. The summed E-state index contributed by atoms with van der Waals surface area (Å²) in [6.07, 6.45) is 1.47. The number of ether oxygens (including phenoxy) is 1. The first-order chi connectivity index (χ1) is 18.1. The van der Waals surface area contributed by atoms with Crippen LogP contribution in [-0.2, 0) is 24.3 Å². The van der Waals surface area contributed by atoms with Gasteiger partial charge in [0.1, 0.15) is 5.76 Å². The molecule has 0 radical (unpaired) electrons. The number of nitrogens with zero attached hydrogens (tertiary/aromatic N) is 2. The predicted molar refractivity (Wildman–Crippen MR) is 143 cm³/mol. The summed E-state index contributed by atoms with van der Waals surface area (Å²) in [7, 11) is -3.78. The smallest absolute Gasteiger partial charge is 0.243 e. The summed E-state index contributed by atoms with van der Waals surface area (Å²) < 4.78 is 38.1. The molecule has 1 amide bonds. The molecular weight excluding hydrogens is 552 g/mol. The number of halogens is 1. The molecule has 13 heteroatoms. The second kappa shape index (κ2) is 11.8. The number of amides is 1. The van der Waals surface area contributed by atoms with E-state index in [2.05, 4.69) is 16.7 Å². The van der Waals surface area contributed by atoms with Crippen molar-refractivity contribution in [3.63, 3.8) is 0 Å². The van der Waals surface area contributed by atoms with Crippen LogP contribution >= 0.6 is 23.4 Å². The number of carbonyl (C=O) groups excluding carboxylic acids is 2. The molecule has 200 valence electrons. The maximum Gasteiger partial charge on any atom is 0.243 e. The number of hydrogen-bond donors (Lipinski definition) is 2. The molecule has 10 nitrogen and oxygen atoms in total. The average molecular weight is 577 g/mol. The lowest BCUT2D eigenvalue weighted by atomic mass is 9.84. The Kier molecular flexibility index (Phi) is 8.64. The van der Waals surface area contributed by atoms with Crippen LogP contribution in [0.4, 0.5) is 5.69 Å². The number of sulfonamides is 1. The van der Waals surface area contributed by atoms with Gasteiger partial charge in [-0.05, 0) is 44.2 Å². The molecule has 2 aromatic rings. The monoisotopic (exact) mass is 576 g/mol. The van der Waals surface area contributed by atoms with E-state index in [1.165, 1.54) is 35.7 Å². The molecule has 0 aliphatic carbocycles. The van der Waals surface area contributed by atoms with E-state index in [0.29, 0.717) is 35.3 Å². The van der Waals surface area contributed by atoms with E-state index in [1.54, 1.807) is 19.1 Å². The fourth-order valence-corrected chi connectivity index (χ4v) is 6.75. The minimum atomic E-state index is -3.78. The Morgan fingerprint density at radius 1 is 1.29 bits per heavy atom. The van der Waals surface area contributed by atoms with Crippen molar-refractivity contribution in [2.24, 2.45) is 0 Å². The molecule has 1 saturated heterocycles. The second-order valence-corrected chi connectivity index (χ2v) is 11.8. The Hall–Kier alpha value is -3.08. The van der Waals surface area contributed by atoms with E-state index in [1.807, 2.05) is 0 Å². The molecule has 0 saturated carbocycles. The Balaban J connectivity index is 1.52. The van der Waals surface area contributed by atoms with Crippen molar-refractivity contribution in [1.29, 1.82) is 5.26 Å². The molecule has 0 bridgehead atoms. The summed E-state index contributed by atoms with van der Waals surface area (Å²) in [4.78, 5) is 25.2. The maximum atomic E-state index is 13.0. The van der Waals surface area contributed by atoms with Crippen LogP contribution in [0.5, 0.6) is 0 Å². The highest BCUT2D eigenvalue weighted by Gasteiger charge is 2.35. The summed E-state index contributed by atoms with van der Waals surface area (Å²) in [5, 5.41) is 16.3. The zero-order valence-corrected chi connectivity index (χ0v) is 23.0. The Morgan fingerprint density at radius 2 is 2.03 bits per heavy atom. The van der Waals surface area contributed by atoms with Crippen molar-refractivity contribution >= 4 is 50.8 Å². The van der Waals surface area contributed by atoms with Gasteiger partial charge in [-0.3, -0.25) is 9.59 Å². The van der Waals surface area contributed by atoms with E-state index >= 15 is 0 Å². The fraction of sp³-hybridized carbons (Fsp3) is 0.320. The quantitative estimate of drug-likeness (QED) is 0.482. The Labute approximate surface area is 229 Å². The number of thioether (sulfide) groups is 1. The summed E-state index contributed by atoms with van der Waals surface area (Å²) in [6, 6.07) is 9.66. The molecule has 2 aliphatic rings. The number of anilines is 1. The lowest BCUT2D eigenvalue weighted by Crippen LogP contribution is -2.40. The molecule has 0 spiro atoms. The lowest BCUT2D eigenvalue weighted by Gasteiger charge is -2.27. The van der Waals surface area contributed by atoms with Crippen molar-refractivity contribution in [3.05, 3.63) is 69.3 Å². The third-order valence-electron chi connectivity index (χ3n) is 6.02. The molecule has 2 aliphatic heterocycles. The first-order valence-corrected chi connectivity index (χ1v) is 14.4. The van der Waals surface area contributed by atoms with Crippen molar-refractivity contribution in [2.45, 2.75) is 24.7 Å². The van der Waals surface area contributed by atoms with E-state index in [-0.39, 0.29) is 45.8 Å². The zero-order chi connectivity index (χ0) is 27.4. The molecule has 1 unspecified atom stereocenters. The number of dihydropyridines is 1. The number of carbonyl (C=O) groups is 2. The molecular formula is C25H25ClN4O6S2. The van der Waals surface area contributed by atoms with Gasteiger partial charge < -0.3 is 19.8 Å². The van der Waals surface area contributed by atoms with Crippen LogP contribution in [0.2, 0.25) is 5.02 Å². The van der Waals surface area contributed by atoms with Crippen LogP contribution in [0, 0.1) is 11.3 Å². The van der Waals surface area contributed by atoms with E-state index in [0.717, 1.165) is 11.8 Å². The Bertz CT molecular complexity index is 1450. The topological polar surface area (TPSA) is 142 Å². The van der Waals surface area contributed by atoms with Gasteiger partial charge in [0, 0.05) is 24.4 Å². The van der Waals surface area contributed by atoms with Crippen LogP contribution in [0.1, 0.15) is 25.5 Å². The third kappa shape index (κ3) is 5.82. The van der Waals surface area contributed by atoms with Crippen LogP contribution in [0.3, 0.4) is 0 Å². The van der Waals surface area contributed by atoms with Gasteiger partial charge in [0.2, 0.25) is 15.9 Å². The van der Waals surface area contributed by atoms with Gasteiger partial charge in [-0.2, -0.15) is 9.57 Å². The zero-order valence-electron chi connectivity index (χ0n) is 20.6. The standard InChI is InChI=1S/C25H25ClN4O6S2/c1-15-23(16(2)31)24(21-4-3-9-36-21)18(13-27)25(28-15)37-14-22(32)29-20-12-17(5-6-19(20)26)38(33,34)30-7-10-35-11-8-30/h3-6,9,12,24,28H,7-8,10-11,14H2,1-2H3,(H,29,32). The molecule has 1 fully saturated rings. The lowest BCUT2D eigenvalue weighted by molar-refractivity contribution is -0.114. The number of Topliss-reactive ketones (excluding diaryl/α,β-unsaturated/α-hetero) is 1. The Morgan fingerprint density at radius 3 is 2.66 bits per heavy atom. The first-order valence-electron chi connectivity index (χ1n) is 11.6. The number of furan rings is 1. The number of nitriles is 1. The van der Waals surface area contributed by atoms with E-state index < -0.39 is 21.8 Å². The van der Waals surface area contributed by atoms with Gasteiger partial charge in [0.05, 0.1) is 63.4 Å². The number of ketones is 1. The normalized spacial score (nSPS) is 18.6. The molecule has 3 heterocycles. The fourth-order valence-electron chi connectivity index (χ4n) is 4.25. The van der Waals surface area contributed by atoms with Gasteiger partial charge in [0.25, 0.3) is 0 Å². The molecule has 38 heavy (non-hydrogen) atoms. The van der Waals surface area contributed by atoms with Crippen molar-refractivity contribution < 1.29 is 27.2 Å². The molecule has 4 rings (SSSR count). The number of rotatable bonds is 8. The predicted octanol–water partition coefficient (Wildman–Crippen LogP) is 3.61. The second-order valence-electron chi connectivity index (χ2n) is 8.52. The summed E-state index contributed by atoms with van der Waals surface area (Å²) in [6.45, 7) is 4.25. The number of benzene rings is 1. The highest BCUT2D eigenvalue weighted by molar-refractivity contribution is 8.03. The van der Waals surface area contributed by atoms with Gasteiger partial charge in [-0.15, -0.1) is 0 Å². The minimum absolute atomic E-state index is 0.00832. The largest absolute Gasteiger partial charge is 0.468 e. The summed E-state index contributed by atoms with van der Waals surface area (Å²) in [5.74, 6) is -1.03. The highest BCUT2D eigenvalue weighted by atomic mass is 35.5. The SMILES string of the molecule is CC(=O)C1=C(C)NC(SCC(=O)Nc2cc(S(=O)(=O)N3CCOCC3)ccc2Cl)=C(C#N)C1c1ccco1. The van der Waals surface area contributed by atoms with Crippen LogP contribution in [0.15, 0.2) is 67.8 Å². The minimum Gasteiger partial charge on any atom is -0.468 e. The molecule has 1 aromatic carbocycles. The number of nitrogens with one attached hydrogen (secondary N) is 2. The summed E-state index contributed by atoms with van der Waals surface area (Å²) in [5.41, 5.74) is 1.38. The summed E-state index contributed by atoms with van der Waals surface area (Å²) >= 11 is 7.33. The van der Waals surface area contributed by atoms with Crippen molar-refractivity contribution in [3.8, 4) is 6.07 Å². The van der Waals surface area contributed by atoms with Crippen molar-refractivity contribution in [1.82, 2.24) is 9.62 Å². The van der Waals surface area contributed by atoms with Crippen molar-refractivity contribution in [2.75, 3.05) is 37.4 Å². The first kappa shape index (κ1) is 27.9. The van der Waals surface area contributed by atoms with Crippen LogP contribution < -0.4 is 10.6 Å². The number of allylic oxidation sites excluding steroid dienone is 3. The van der Waals surface area contributed by atoms with Gasteiger partial charge >= 0.3 is 0 Å². The molecule has 1 aromatic heterocycles. The van der Waals surface area contributed by atoms with E-state index in [4.69, 9.17) is 20.8 Å². The molecule has 1 atom stereocenters. The number of hydrogen-bond acceptors (Lipinski definition) is 9. The van der Waals surface area contributed by atoms with E-state index in [9.17, 15) is 23.3 Å².